The molecule has 19 heavy (non-hydrogen) atoms. The van der Waals surface area contributed by atoms with E-state index in [2.05, 4.69) is 53.6 Å². The average molecular weight is 371 g/mol. The molecule has 0 bridgehead atoms. The molecule has 0 aromatic heterocycles. The molecule has 0 radical (unpaired) electrons. The minimum absolute atomic E-state index is 0. The van der Waals surface area contributed by atoms with Gasteiger partial charge in [-0.15, -0.1) is 30.4 Å². The molecule has 0 aliphatic rings. The molecule has 0 heterocycles. The van der Waals surface area contributed by atoms with Crippen LogP contribution in [0.5, 0.6) is 0 Å². The Morgan fingerprint density at radius 2 is 1.84 bits per heavy atom. The van der Waals surface area contributed by atoms with E-state index in [1.165, 1.54) is 16.7 Å². The summed E-state index contributed by atoms with van der Waals surface area (Å²) >= 11 is 0. The molecule has 0 aliphatic heterocycles. The van der Waals surface area contributed by atoms with Gasteiger partial charge in [0.05, 0.1) is 6.54 Å². The molecule has 0 saturated carbocycles. The molecule has 3 nitrogen and oxygen atoms in total. The Morgan fingerprint density at radius 1 is 1.21 bits per heavy atom. The molecular weight excluding hydrogens is 349 g/mol. The summed E-state index contributed by atoms with van der Waals surface area (Å²) in [6, 6.07) is 6.61. The molecule has 104 valence electrons. The van der Waals surface area contributed by atoms with Gasteiger partial charge in [-0.25, -0.2) is 0 Å². The van der Waals surface area contributed by atoms with Crippen LogP contribution < -0.4 is 10.6 Å². The fourth-order valence-electron chi connectivity index (χ4n) is 1.89. The summed E-state index contributed by atoms with van der Waals surface area (Å²) in [7, 11) is 1.74. The quantitative estimate of drug-likeness (QED) is 0.369. The first kappa shape index (κ1) is 17.8. The van der Waals surface area contributed by atoms with Gasteiger partial charge in [0.15, 0.2) is 5.96 Å². The minimum atomic E-state index is 0. The highest BCUT2D eigenvalue weighted by Crippen LogP contribution is 2.08. The first-order valence-corrected chi connectivity index (χ1v) is 6.11. The lowest BCUT2D eigenvalue weighted by molar-refractivity contribution is 0.823. The fourth-order valence-corrected chi connectivity index (χ4v) is 1.89. The smallest absolute Gasteiger partial charge is 0.191 e. The standard InChI is InChI=1S/C15H21N3.HI/c1-5-7-17-15(16-4)18-8-6-14-10-12(2)9-13(3)11-14;/h1,9-11H,6-8H2,2-4H3,(H2,16,17,18);1H. The van der Waals surface area contributed by atoms with Crippen molar-refractivity contribution in [3.05, 3.63) is 34.9 Å². The number of terminal acetylenes is 1. The second kappa shape index (κ2) is 9.68. The topological polar surface area (TPSA) is 36.4 Å². The molecule has 1 aromatic carbocycles. The van der Waals surface area contributed by atoms with Gasteiger partial charge in [0.25, 0.3) is 0 Å². The van der Waals surface area contributed by atoms with E-state index in [1.54, 1.807) is 7.05 Å². The van der Waals surface area contributed by atoms with Crippen LogP contribution in [0.25, 0.3) is 0 Å². The molecular formula is C15H22IN3. The van der Waals surface area contributed by atoms with Crippen LogP contribution in [0.2, 0.25) is 0 Å². The third-order valence-electron chi connectivity index (χ3n) is 2.57. The van der Waals surface area contributed by atoms with Gasteiger partial charge in [0.2, 0.25) is 0 Å². The van der Waals surface area contributed by atoms with Crippen molar-refractivity contribution in [3.63, 3.8) is 0 Å². The van der Waals surface area contributed by atoms with Crippen molar-refractivity contribution in [3.8, 4) is 12.3 Å². The molecule has 0 fully saturated rings. The predicted molar refractivity (Wildman–Crippen MR) is 93.2 cm³/mol. The first-order chi connectivity index (χ1) is 8.65. The van der Waals surface area contributed by atoms with Crippen molar-refractivity contribution >= 4 is 29.9 Å². The first-order valence-electron chi connectivity index (χ1n) is 6.11. The normalized spacial score (nSPS) is 10.3. The highest BCUT2D eigenvalue weighted by atomic mass is 127. The lowest BCUT2D eigenvalue weighted by atomic mass is 10.1. The number of hydrogen-bond donors (Lipinski definition) is 2. The number of nitrogens with zero attached hydrogens (tertiary/aromatic N) is 1. The molecule has 0 aliphatic carbocycles. The summed E-state index contributed by atoms with van der Waals surface area (Å²) in [5.74, 6) is 3.27. The van der Waals surface area contributed by atoms with E-state index in [-0.39, 0.29) is 24.0 Å². The van der Waals surface area contributed by atoms with Crippen LogP contribution >= 0.6 is 24.0 Å². The summed E-state index contributed by atoms with van der Waals surface area (Å²) < 4.78 is 0. The Kier molecular flexibility index (Phi) is 9.06. The van der Waals surface area contributed by atoms with Crippen LogP contribution in [-0.4, -0.2) is 26.1 Å². The van der Waals surface area contributed by atoms with Gasteiger partial charge in [0, 0.05) is 13.6 Å². The Labute approximate surface area is 133 Å². The van der Waals surface area contributed by atoms with Crippen LogP contribution in [0.3, 0.4) is 0 Å². The number of rotatable bonds is 4. The fraction of sp³-hybridized carbons (Fsp3) is 0.400. The zero-order chi connectivity index (χ0) is 13.4. The highest BCUT2D eigenvalue weighted by molar-refractivity contribution is 14.0. The van der Waals surface area contributed by atoms with E-state index in [9.17, 15) is 0 Å². The highest BCUT2D eigenvalue weighted by Gasteiger charge is 1.98. The number of nitrogens with one attached hydrogen (secondary N) is 2. The number of halogens is 1. The Balaban J connectivity index is 0.00000324. The van der Waals surface area contributed by atoms with Gasteiger partial charge in [0.1, 0.15) is 0 Å². The lowest BCUT2D eigenvalue weighted by Gasteiger charge is -2.10. The number of aliphatic imine (C=N–C) groups is 1. The van der Waals surface area contributed by atoms with E-state index in [4.69, 9.17) is 6.42 Å². The van der Waals surface area contributed by atoms with Gasteiger partial charge in [-0.05, 0) is 25.8 Å². The summed E-state index contributed by atoms with van der Waals surface area (Å²) in [5, 5.41) is 6.27. The number of benzene rings is 1. The molecule has 0 unspecified atom stereocenters. The van der Waals surface area contributed by atoms with E-state index < -0.39 is 0 Å². The second-order valence-corrected chi connectivity index (χ2v) is 4.30. The monoisotopic (exact) mass is 371 g/mol. The van der Waals surface area contributed by atoms with E-state index in [0.29, 0.717) is 6.54 Å². The third kappa shape index (κ3) is 7.06. The summed E-state index contributed by atoms with van der Waals surface area (Å²) in [4.78, 5) is 4.09. The van der Waals surface area contributed by atoms with E-state index >= 15 is 0 Å². The molecule has 0 atom stereocenters. The summed E-state index contributed by atoms with van der Waals surface area (Å²) in [5.41, 5.74) is 3.95. The van der Waals surface area contributed by atoms with Crippen molar-refractivity contribution in [1.29, 1.82) is 0 Å². The second-order valence-electron chi connectivity index (χ2n) is 4.30. The molecule has 4 heteroatoms. The molecule has 1 aromatic rings. The number of aryl methyl sites for hydroxylation is 2. The van der Waals surface area contributed by atoms with Crippen molar-refractivity contribution in [2.45, 2.75) is 20.3 Å². The third-order valence-corrected chi connectivity index (χ3v) is 2.57. The summed E-state index contributed by atoms with van der Waals surface area (Å²) in [6.45, 7) is 5.57. The SMILES string of the molecule is C#CCNC(=NC)NCCc1cc(C)cc(C)c1.I. The van der Waals surface area contributed by atoms with Crippen LogP contribution in [0.15, 0.2) is 23.2 Å². The zero-order valence-corrected chi connectivity index (χ0v) is 14.1. The minimum Gasteiger partial charge on any atom is -0.356 e. The molecule has 0 amide bonds. The van der Waals surface area contributed by atoms with Gasteiger partial charge in [-0.2, -0.15) is 0 Å². The van der Waals surface area contributed by atoms with Crippen LogP contribution in [0.4, 0.5) is 0 Å². The van der Waals surface area contributed by atoms with Crippen molar-refractivity contribution in [1.82, 2.24) is 10.6 Å². The molecule has 0 saturated heterocycles. The maximum Gasteiger partial charge on any atom is 0.191 e. The summed E-state index contributed by atoms with van der Waals surface area (Å²) in [6.07, 6.45) is 6.16. The molecule has 0 spiro atoms. The van der Waals surface area contributed by atoms with Gasteiger partial charge in [-0.1, -0.05) is 35.2 Å². The number of guanidine groups is 1. The van der Waals surface area contributed by atoms with E-state index in [0.717, 1.165) is 18.9 Å². The van der Waals surface area contributed by atoms with Gasteiger partial charge in [-0.3, -0.25) is 4.99 Å². The van der Waals surface area contributed by atoms with Crippen LogP contribution in [-0.2, 0) is 6.42 Å². The average Bonchev–Trinajstić information content (AvgIpc) is 2.32. The number of hydrogen-bond acceptors (Lipinski definition) is 1. The largest absolute Gasteiger partial charge is 0.356 e. The van der Waals surface area contributed by atoms with Crippen LogP contribution in [0, 0.1) is 26.2 Å². The van der Waals surface area contributed by atoms with Crippen LogP contribution in [0.1, 0.15) is 16.7 Å². The van der Waals surface area contributed by atoms with Gasteiger partial charge < -0.3 is 10.6 Å². The Bertz CT molecular complexity index is 441. The maximum absolute atomic E-state index is 5.19. The van der Waals surface area contributed by atoms with E-state index in [1.807, 2.05) is 0 Å². The van der Waals surface area contributed by atoms with Crippen molar-refractivity contribution in [2.75, 3.05) is 20.1 Å². The lowest BCUT2D eigenvalue weighted by Crippen LogP contribution is -2.38. The van der Waals surface area contributed by atoms with Crippen molar-refractivity contribution in [2.24, 2.45) is 4.99 Å². The van der Waals surface area contributed by atoms with Gasteiger partial charge >= 0.3 is 0 Å². The Hall–Kier alpha value is -1.22. The zero-order valence-electron chi connectivity index (χ0n) is 11.8. The molecule has 1 rings (SSSR count). The maximum atomic E-state index is 5.19. The molecule has 2 N–H and O–H groups in total. The Morgan fingerprint density at radius 3 is 2.37 bits per heavy atom. The predicted octanol–water partition coefficient (Wildman–Crippen LogP) is 2.26. The van der Waals surface area contributed by atoms with Crippen molar-refractivity contribution < 1.29 is 0 Å².